The molecule has 0 unspecified atom stereocenters. The zero-order chi connectivity index (χ0) is 16.4. The maximum absolute atomic E-state index is 5.56. The van der Waals surface area contributed by atoms with Gasteiger partial charge in [-0.25, -0.2) is 0 Å². The van der Waals surface area contributed by atoms with E-state index in [0.717, 1.165) is 43.1 Å². The highest BCUT2D eigenvalue weighted by Crippen LogP contribution is 2.29. The second-order valence-electron chi connectivity index (χ2n) is 6.35. The normalized spacial score (nSPS) is 18.1. The second-order valence-corrected chi connectivity index (χ2v) is 6.35. The molecule has 0 amide bonds. The molecule has 3 aromatic rings. The molecule has 3 heterocycles. The third kappa shape index (κ3) is 3.08. The molecular weight excluding hydrogens is 300 g/mol. The summed E-state index contributed by atoms with van der Waals surface area (Å²) < 4.78 is 5.56. The van der Waals surface area contributed by atoms with Crippen LogP contribution in [0, 0.1) is 6.92 Å². The Morgan fingerprint density at radius 3 is 2.83 bits per heavy atom. The molecular formula is C19H20N4O. The van der Waals surface area contributed by atoms with Crippen LogP contribution in [0.4, 0.5) is 0 Å². The summed E-state index contributed by atoms with van der Waals surface area (Å²) in [5.74, 6) is 1.76. The summed E-state index contributed by atoms with van der Waals surface area (Å²) >= 11 is 0. The number of likely N-dealkylation sites (tertiary alicyclic amines) is 1. The first kappa shape index (κ1) is 15.0. The molecule has 4 rings (SSSR count). The van der Waals surface area contributed by atoms with Crippen molar-refractivity contribution in [3.8, 4) is 11.4 Å². The van der Waals surface area contributed by atoms with E-state index in [1.807, 2.05) is 30.6 Å². The minimum atomic E-state index is 0.317. The predicted molar refractivity (Wildman–Crippen MR) is 91.3 cm³/mol. The molecule has 5 heteroatoms. The number of benzene rings is 1. The van der Waals surface area contributed by atoms with Crippen LogP contribution in [-0.2, 0) is 6.54 Å². The van der Waals surface area contributed by atoms with Gasteiger partial charge in [-0.2, -0.15) is 4.98 Å². The molecule has 122 valence electrons. The fourth-order valence-corrected chi connectivity index (χ4v) is 3.26. The van der Waals surface area contributed by atoms with Gasteiger partial charge in [-0.1, -0.05) is 29.4 Å². The van der Waals surface area contributed by atoms with E-state index in [-0.39, 0.29) is 0 Å². The van der Waals surface area contributed by atoms with Gasteiger partial charge in [0.2, 0.25) is 11.7 Å². The number of aryl methyl sites for hydroxylation is 1. The van der Waals surface area contributed by atoms with Gasteiger partial charge in [0.15, 0.2) is 0 Å². The Hall–Kier alpha value is -2.53. The largest absolute Gasteiger partial charge is 0.339 e. The van der Waals surface area contributed by atoms with Crippen molar-refractivity contribution in [1.29, 1.82) is 0 Å². The van der Waals surface area contributed by atoms with Crippen LogP contribution < -0.4 is 0 Å². The highest BCUT2D eigenvalue weighted by Gasteiger charge is 2.28. The number of pyridine rings is 1. The van der Waals surface area contributed by atoms with Crippen molar-refractivity contribution in [1.82, 2.24) is 20.0 Å². The maximum Gasteiger partial charge on any atom is 0.231 e. The van der Waals surface area contributed by atoms with Crippen molar-refractivity contribution in [2.45, 2.75) is 25.8 Å². The van der Waals surface area contributed by atoms with Crippen molar-refractivity contribution in [3.05, 3.63) is 65.8 Å². The summed E-state index contributed by atoms with van der Waals surface area (Å²) in [7, 11) is 0. The molecule has 0 spiro atoms. The van der Waals surface area contributed by atoms with Crippen molar-refractivity contribution >= 4 is 0 Å². The SMILES string of the molecule is Cc1ccccc1-c1noc([C@@H]2CCN(Cc3ccncc3)C2)n1. The number of aromatic nitrogens is 3. The molecule has 1 fully saturated rings. The smallest absolute Gasteiger partial charge is 0.231 e. The first-order valence-corrected chi connectivity index (χ1v) is 8.30. The van der Waals surface area contributed by atoms with E-state index in [9.17, 15) is 0 Å². The fraction of sp³-hybridized carbons (Fsp3) is 0.316. The topological polar surface area (TPSA) is 55.1 Å². The summed E-state index contributed by atoms with van der Waals surface area (Å²) in [5.41, 5.74) is 3.49. The van der Waals surface area contributed by atoms with E-state index < -0.39 is 0 Å². The third-order valence-corrected chi connectivity index (χ3v) is 4.60. The highest BCUT2D eigenvalue weighted by atomic mass is 16.5. The molecule has 0 radical (unpaired) electrons. The van der Waals surface area contributed by atoms with Gasteiger partial charge < -0.3 is 4.52 Å². The Morgan fingerprint density at radius 2 is 2.00 bits per heavy atom. The lowest BCUT2D eigenvalue weighted by Crippen LogP contribution is -2.19. The van der Waals surface area contributed by atoms with Gasteiger partial charge in [0.05, 0.1) is 5.92 Å². The van der Waals surface area contributed by atoms with E-state index in [4.69, 9.17) is 4.52 Å². The van der Waals surface area contributed by atoms with Crippen molar-refractivity contribution in [2.75, 3.05) is 13.1 Å². The predicted octanol–water partition coefficient (Wildman–Crippen LogP) is 3.43. The number of rotatable bonds is 4. The first-order valence-electron chi connectivity index (χ1n) is 8.30. The maximum atomic E-state index is 5.56. The molecule has 5 nitrogen and oxygen atoms in total. The van der Waals surface area contributed by atoms with Crippen LogP contribution in [-0.4, -0.2) is 33.1 Å². The molecule has 0 saturated carbocycles. The summed E-state index contributed by atoms with van der Waals surface area (Å²) in [6.45, 7) is 5.02. The Bertz CT molecular complexity index is 815. The number of hydrogen-bond donors (Lipinski definition) is 0. The van der Waals surface area contributed by atoms with Crippen LogP contribution in [0.15, 0.2) is 53.3 Å². The first-order chi connectivity index (χ1) is 11.8. The zero-order valence-electron chi connectivity index (χ0n) is 13.7. The van der Waals surface area contributed by atoms with Crippen molar-refractivity contribution in [3.63, 3.8) is 0 Å². The van der Waals surface area contributed by atoms with E-state index in [2.05, 4.69) is 45.1 Å². The zero-order valence-corrected chi connectivity index (χ0v) is 13.7. The van der Waals surface area contributed by atoms with Gasteiger partial charge in [0.25, 0.3) is 0 Å². The summed E-state index contributed by atoms with van der Waals surface area (Å²) in [4.78, 5) is 11.1. The minimum absolute atomic E-state index is 0.317. The van der Waals surface area contributed by atoms with E-state index in [1.54, 1.807) is 0 Å². The van der Waals surface area contributed by atoms with Crippen LogP contribution in [0.2, 0.25) is 0 Å². The van der Waals surface area contributed by atoms with Crippen molar-refractivity contribution in [2.24, 2.45) is 0 Å². The van der Waals surface area contributed by atoms with Crippen LogP contribution in [0.5, 0.6) is 0 Å². The quantitative estimate of drug-likeness (QED) is 0.737. The van der Waals surface area contributed by atoms with Crippen LogP contribution in [0.3, 0.4) is 0 Å². The lowest BCUT2D eigenvalue weighted by molar-refractivity contribution is 0.309. The lowest BCUT2D eigenvalue weighted by Gasteiger charge is -2.14. The van der Waals surface area contributed by atoms with Gasteiger partial charge in [-0.05, 0) is 43.1 Å². The number of hydrogen-bond acceptors (Lipinski definition) is 5. The Kier molecular flexibility index (Phi) is 4.09. The molecule has 0 bridgehead atoms. The minimum Gasteiger partial charge on any atom is -0.339 e. The molecule has 1 aliphatic heterocycles. The van der Waals surface area contributed by atoms with Crippen LogP contribution in [0.1, 0.15) is 29.4 Å². The number of nitrogens with zero attached hydrogens (tertiary/aromatic N) is 4. The third-order valence-electron chi connectivity index (χ3n) is 4.60. The fourth-order valence-electron chi connectivity index (χ4n) is 3.26. The van der Waals surface area contributed by atoms with E-state index >= 15 is 0 Å². The lowest BCUT2D eigenvalue weighted by atomic mass is 10.1. The van der Waals surface area contributed by atoms with Gasteiger partial charge in [-0.3, -0.25) is 9.88 Å². The van der Waals surface area contributed by atoms with E-state index in [0.29, 0.717) is 11.7 Å². The molecule has 1 aromatic carbocycles. The molecule has 1 atom stereocenters. The van der Waals surface area contributed by atoms with Crippen molar-refractivity contribution < 1.29 is 4.52 Å². The highest BCUT2D eigenvalue weighted by molar-refractivity contribution is 5.59. The van der Waals surface area contributed by atoms with Gasteiger partial charge in [0.1, 0.15) is 0 Å². The summed E-state index contributed by atoms with van der Waals surface area (Å²) in [6, 6.07) is 12.3. The average molecular weight is 320 g/mol. The average Bonchev–Trinajstić information content (AvgIpc) is 3.25. The Labute approximate surface area is 141 Å². The van der Waals surface area contributed by atoms with Gasteiger partial charge in [0, 0.05) is 31.0 Å². The Balaban J connectivity index is 1.45. The van der Waals surface area contributed by atoms with Gasteiger partial charge in [-0.15, -0.1) is 0 Å². The molecule has 0 aliphatic carbocycles. The van der Waals surface area contributed by atoms with Crippen LogP contribution >= 0.6 is 0 Å². The van der Waals surface area contributed by atoms with Crippen LogP contribution in [0.25, 0.3) is 11.4 Å². The Morgan fingerprint density at radius 1 is 1.17 bits per heavy atom. The molecule has 24 heavy (non-hydrogen) atoms. The van der Waals surface area contributed by atoms with E-state index in [1.165, 1.54) is 5.56 Å². The summed E-state index contributed by atoms with van der Waals surface area (Å²) in [6.07, 6.45) is 4.74. The van der Waals surface area contributed by atoms with Gasteiger partial charge >= 0.3 is 0 Å². The second kappa shape index (κ2) is 6.53. The molecule has 0 N–H and O–H groups in total. The molecule has 2 aromatic heterocycles. The summed E-state index contributed by atoms with van der Waals surface area (Å²) in [5, 5.41) is 4.19. The molecule has 1 saturated heterocycles. The molecule has 1 aliphatic rings. The monoisotopic (exact) mass is 320 g/mol. The standard InChI is InChI=1S/C19H20N4O/c1-14-4-2-3-5-17(14)18-21-19(24-22-18)16-8-11-23(13-16)12-15-6-9-20-10-7-15/h2-7,9-10,16H,8,11-13H2,1H3/t16-/m1/s1.